The van der Waals surface area contributed by atoms with Crippen molar-refractivity contribution in [3.8, 4) is 0 Å². The van der Waals surface area contributed by atoms with Crippen LogP contribution in [0.2, 0.25) is 0 Å². The minimum absolute atomic E-state index is 0.168. The Kier molecular flexibility index (Phi) is 3.49. The quantitative estimate of drug-likeness (QED) is 0.912. The average Bonchev–Trinajstić information content (AvgIpc) is 2.82. The summed E-state index contributed by atoms with van der Waals surface area (Å²) in [7, 11) is 0. The monoisotopic (exact) mass is 272 g/mol. The number of rotatable bonds is 2. The second-order valence-electron chi connectivity index (χ2n) is 5.66. The SMILES string of the molecule is Cc1ccc2occ(CC(=O)N3CCC(N)CC3)c2c1. The molecule has 0 aliphatic carbocycles. The number of piperidine rings is 1. The number of hydrogen-bond acceptors (Lipinski definition) is 3. The van der Waals surface area contributed by atoms with Gasteiger partial charge in [0.25, 0.3) is 0 Å². The Hall–Kier alpha value is -1.81. The van der Waals surface area contributed by atoms with E-state index in [-0.39, 0.29) is 11.9 Å². The molecule has 0 spiro atoms. The Morgan fingerprint density at radius 2 is 2.15 bits per heavy atom. The van der Waals surface area contributed by atoms with E-state index < -0.39 is 0 Å². The molecule has 1 aromatic heterocycles. The molecule has 20 heavy (non-hydrogen) atoms. The second-order valence-corrected chi connectivity index (χ2v) is 5.66. The molecule has 0 saturated carbocycles. The first-order valence-corrected chi connectivity index (χ1v) is 7.13. The van der Waals surface area contributed by atoms with Crippen LogP contribution in [0.4, 0.5) is 0 Å². The van der Waals surface area contributed by atoms with E-state index in [1.54, 1.807) is 6.26 Å². The van der Waals surface area contributed by atoms with Crippen LogP contribution in [-0.2, 0) is 11.2 Å². The number of nitrogens with two attached hydrogens (primary N) is 1. The number of benzene rings is 1. The Morgan fingerprint density at radius 1 is 1.40 bits per heavy atom. The van der Waals surface area contributed by atoms with Crippen LogP contribution < -0.4 is 5.73 Å². The summed E-state index contributed by atoms with van der Waals surface area (Å²) in [6.07, 6.45) is 3.91. The molecule has 1 saturated heterocycles. The average molecular weight is 272 g/mol. The van der Waals surface area contributed by atoms with Crippen molar-refractivity contribution in [1.29, 1.82) is 0 Å². The maximum absolute atomic E-state index is 12.3. The van der Waals surface area contributed by atoms with Gasteiger partial charge in [-0.2, -0.15) is 0 Å². The number of carbonyl (C=O) groups is 1. The van der Waals surface area contributed by atoms with Crippen LogP contribution in [0.5, 0.6) is 0 Å². The fourth-order valence-electron chi connectivity index (χ4n) is 2.76. The number of furan rings is 1. The number of nitrogens with zero attached hydrogens (tertiary/aromatic N) is 1. The third kappa shape index (κ3) is 2.56. The van der Waals surface area contributed by atoms with Crippen LogP contribution in [0.15, 0.2) is 28.9 Å². The first-order chi connectivity index (χ1) is 9.63. The summed E-state index contributed by atoms with van der Waals surface area (Å²) < 4.78 is 5.52. The molecule has 1 aromatic carbocycles. The summed E-state index contributed by atoms with van der Waals surface area (Å²) in [6.45, 7) is 3.59. The third-order valence-corrected chi connectivity index (χ3v) is 4.04. The summed E-state index contributed by atoms with van der Waals surface area (Å²) in [5.74, 6) is 0.168. The number of amides is 1. The van der Waals surface area contributed by atoms with Crippen LogP contribution in [0.1, 0.15) is 24.0 Å². The highest BCUT2D eigenvalue weighted by molar-refractivity contribution is 5.88. The minimum atomic E-state index is 0.168. The lowest BCUT2D eigenvalue weighted by Crippen LogP contribution is -2.43. The van der Waals surface area contributed by atoms with Crippen LogP contribution >= 0.6 is 0 Å². The largest absolute Gasteiger partial charge is 0.464 e. The van der Waals surface area contributed by atoms with Gasteiger partial charge in [0.2, 0.25) is 5.91 Å². The molecule has 4 nitrogen and oxygen atoms in total. The Bertz CT molecular complexity index is 624. The summed E-state index contributed by atoms with van der Waals surface area (Å²) in [5, 5.41) is 1.05. The lowest BCUT2D eigenvalue weighted by molar-refractivity contribution is -0.131. The van der Waals surface area contributed by atoms with Gasteiger partial charge in [-0.1, -0.05) is 11.6 Å². The van der Waals surface area contributed by atoms with Crippen molar-refractivity contribution in [2.45, 2.75) is 32.2 Å². The van der Waals surface area contributed by atoms with Gasteiger partial charge in [-0.15, -0.1) is 0 Å². The van der Waals surface area contributed by atoms with Crippen LogP contribution in [0.25, 0.3) is 11.0 Å². The molecule has 2 aromatic rings. The molecule has 0 atom stereocenters. The number of carbonyl (C=O) groups excluding carboxylic acids is 1. The number of fused-ring (bicyclic) bond motifs is 1. The molecule has 2 heterocycles. The summed E-state index contributed by atoms with van der Waals surface area (Å²) in [5.41, 5.74) is 8.87. The van der Waals surface area contributed by atoms with Gasteiger partial charge in [0.15, 0.2) is 0 Å². The fourth-order valence-corrected chi connectivity index (χ4v) is 2.76. The predicted molar refractivity (Wildman–Crippen MR) is 78.4 cm³/mol. The van der Waals surface area contributed by atoms with Crippen LogP contribution in [-0.4, -0.2) is 29.9 Å². The van der Waals surface area contributed by atoms with E-state index >= 15 is 0 Å². The van der Waals surface area contributed by atoms with Crippen molar-refractivity contribution in [1.82, 2.24) is 4.90 Å². The molecule has 0 bridgehead atoms. The Morgan fingerprint density at radius 3 is 2.90 bits per heavy atom. The van der Waals surface area contributed by atoms with Crippen LogP contribution in [0.3, 0.4) is 0 Å². The number of hydrogen-bond donors (Lipinski definition) is 1. The highest BCUT2D eigenvalue weighted by Gasteiger charge is 2.21. The van der Waals surface area contributed by atoms with Gasteiger partial charge in [0.05, 0.1) is 12.7 Å². The topological polar surface area (TPSA) is 59.5 Å². The smallest absolute Gasteiger partial charge is 0.227 e. The van der Waals surface area contributed by atoms with Crippen molar-refractivity contribution in [2.24, 2.45) is 5.73 Å². The summed E-state index contributed by atoms with van der Waals surface area (Å²) in [4.78, 5) is 14.3. The molecular formula is C16H20N2O2. The van der Waals surface area contributed by atoms with E-state index in [0.29, 0.717) is 6.42 Å². The Balaban J connectivity index is 1.76. The zero-order valence-corrected chi connectivity index (χ0v) is 11.8. The van der Waals surface area contributed by atoms with E-state index in [1.165, 1.54) is 5.56 Å². The van der Waals surface area contributed by atoms with Gasteiger partial charge in [-0.3, -0.25) is 4.79 Å². The van der Waals surface area contributed by atoms with Crippen molar-refractivity contribution in [3.05, 3.63) is 35.6 Å². The van der Waals surface area contributed by atoms with Crippen molar-refractivity contribution in [2.75, 3.05) is 13.1 Å². The molecule has 3 rings (SSSR count). The molecule has 1 aliphatic heterocycles. The first kappa shape index (κ1) is 13.2. The predicted octanol–water partition coefficient (Wildman–Crippen LogP) is 2.23. The molecular weight excluding hydrogens is 252 g/mol. The zero-order chi connectivity index (χ0) is 14.1. The maximum atomic E-state index is 12.3. The molecule has 2 N–H and O–H groups in total. The Labute approximate surface area is 118 Å². The van der Waals surface area contributed by atoms with Gasteiger partial charge in [-0.25, -0.2) is 0 Å². The minimum Gasteiger partial charge on any atom is -0.464 e. The number of likely N-dealkylation sites (tertiary alicyclic amines) is 1. The van der Waals surface area contributed by atoms with Gasteiger partial charge >= 0.3 is 0 Å². The maximum Gasteiger partial charge on any atom is 0.227 e. The van der Waals surface area contributed by atoms with E-state index in [2.05, 4.69) is 6.07 Å². The van der Waals surface area contributed by atoms with E-state index in [4.69, 9.17) is 10.2 Å². The second kappa shape index (κ2) is 5.29. The summed E-state index contributed by atoms with van der Waals surface area (Å²) in [6, 6.07) is 6.30. The summed E-state index contributed by atoms with van der Waals surface area (Å²) >= 11 is 0. The first-order valence-electron chi connectivity index (χ1n) is 7.13. The van der Waals surface area contributed by atoms with Crippen molar-refractivity contribution >= 4 is 16.9 Å². The van der Waals surface area contributed by atoms with Gasteiger partial charge in [0.1, 0.15) is 5.58 Å². The van der Waals surface area contributed by atoms with E-state index in [9.17, 15) is 4.79 Å². The number of aryl methyl sites for hydroxylation is 1. The third-order valence-electron chi connectivity index (χ3n) is 4.04. The van der Waals surface area contributed by atoms with E-state index in [0.717, 1.165) is 42.5 Å². The zero-order valence-electron chi connectivity index (χ0n) is 11.8. The highest BCUT2D eigenvalue weighted by Crippen LogP contribution is 2.23. The normalized spacial score (nSPS) is 16.8. The lowest BCUT2D eigenvalue weighted by Gasteiger charge is -2.30. The molecule has 1 fully saturated rings. The standard InChI is InChI=1S/C16H20N2O2/c1-11-2-3-15-14(8-11)12(10-20-15)9-16(19)18-6-4-13(17)5-7-18/h2-3,8,10,13H,4-7,9,17H2,1H3. The fraction of sp³-hybridized carbons (Fsp3) is 0.438. The van der Waals surface area contributed by atoms with Gasteiger partial charge in [0, 0.05) is 30.1 Å². The van der Waals surface area contributed by atoms with Crippen LogP contribution in [0, 0.1) is 6.92 Å². The van der Waals surface area contributed by atoms with Crippen molar-refractivity contribution in [3.63, 3.8) is 0 Å². The molecule has 0 unspecified atom stereocenters. The van der Waals surface area contributed by atoms with Crippen molar-refractivity contribution < 1.29 is 9.21 Å². The van der Waals surface area contributed by atoms with Gasteiger partial charge in [-0.05, 0) is 31.9 Å². The van der Waals surface area contributed by atoms with E-state index in [1.807, 2.05) is 24.0 Å². The van der Waals surface area contributed by atoms with Gasteiger partial charge < -0.3 is 15.1 Å². The highest BCUT2D eigenvalue weighted by atomic mass is 16.3. The molecule has 106 valence electrons. The molecule has 4 heteroatoms. The lowest BCUT2D eigenvalue weighted by atomic mass is 10.0. The molecule has 1 aliphatic rings. The molecule has 1 amide bonds. The molecule has 0 radical (unpaired) electrons.